The normalized spacial score (nSPS) is 15.7. The molecule has 1 N–H and O–H groups in total. The number of hydrogen-bond donors (Lipinski definition) is 1. The van der Waals surface area contributed by atoms with Gasteiger partial charge in [0.15, 0.2) is 0 Å². The van der Waals surface area contributed by atoms with Crippen molar-refractivity contribution in [3.63, 3.8) is 0 Å². The van der Waals surface area contributed by atoms with Crippen molar-refractivity contribution in [2.75, 3.05) is 25.4 Å². The summed E-state index contributed by atoms with van der Waals surface area (Å²) in [4.78, 5) is 16.1. The van der Waals surface area contributed by atoms with Crippen molar-refractivity contribution in [2.24, 2.45) is 0 Å². The van der Waals surface area contributed by atoms with Crippen LogP contribution in [-0.4, -0.2) is 48.4 Å². The monoisotopic (exact) mass is 262 g/mol. The number of rotatable bonds is 6. The first-order valence-electron chi connectivity index (χ1n) is 4.52. The first-order chi connectivity index (χ1) is 6.99. The van der Waals surface area contributed by atoms with Gasteiger partial charge in [0.2, 0.25) is 0 Å². The maximum Gasteiger partial charge on any atom is 1.00 e. The third-order valence-corrected chi connectivity index (χ3v) is 2.58. The first-order valence-corrected chi connectivity index (χ1v) is 6.10. The van der Waals surface area contributed by atoms with Gasteiger partial charge in [-0.05, 0) is 12.8 Å². The summed E-state index contributed by atoms with van der Waals surface area (Å²) in [7, 11) is -4.29. The third kappa shape index (κ3) is 6.61. The van der Waals surface area contributed by atoms with Gasteiger partial charge in [0.1, 0.15) is 0 Å². The Kier molecular flexibility index (Phi) is 7.44. The van der Waals surface area contributed by atoms with Crippen LogP contribution in [-0.2, 0) is 15.0 Å². The van der Waals surface area contributed by atoms with Crippen molar-refractivity contribution >= 4 is 10.1 Å². The smallest absolute Gasteiger partial charge is 0.748 e. The molecule has 16 heavy (non-hydrogen) atoms. The standard InChI is InChI=1S/C6H13N3O5S.Na/c10-9(8-3-1-2-4-8)7-14-5-6-15(11,12)13;/h1-6H2,(H-,7,10,11,12,13);/q;+1. The molecule has 10 heteroatoms. The Morgan fingerprint density at radius 1 is 1.38 bits per heavy atom. The van der Waals surface area contributed by atoms with Crippen LogP contribution >= 0.6 is 0 Å². The average molecular weight is 262 g/mol. The van der Waals surface area contributed by atoms with Gasteiger partial charge >= 0.3 is 29.6 Å². The second-order valence-corrected chi connectivity index (χ2v) is 4.66. The Bertz CT molecular complexity index is 316. The molecule has 88 valence electrons. The van der Waals surface area contributed by atoms with Crippen molar-refractivity contribution in [3.05, 3.63) is 4.91 Å². The summed E-state index contributed by atoms with van der Waals surface area (Å²) >= 11 is 0. The number of nitrogens with one attached hydrogen (secondary N) is 1. The zero-order chi connectivity index (χ0) is 11.3. The van der Waals surface area contributed by atoms with Crippen LogP contribution < -0.4 is 35.1 Å². The van der Waals surface area contributed by atoms with E-state index in [0.29, 0.717) is 18.1 Å². The SMILES string of the molecule is O=[N+](NOCCS(=O)(=O)[O-])N1CCCC1.[Na+]. The fourth-order valence-electron chi connectivity index (χ4n) is 1.18. The summed E-state index contributed by atoms with van der Waals surface area (Å²) in [6, 6.07) is 0. The molecule has 0 spiro atoms. The first kappa shape index (κ1) is 16.1. The van der Waals surface area contributed by atoms with E-state index in [1.807, 2.05) is 5.59 Å². The zero-order valence-corrected chi connectivity index (χ0v) is 11.9. The molecule has 0 unspecified atom stereocenters. The van der Waals surface area contributed by atoms with Gasteiger partial charge in [-0.15, -0.1) is 5.01 Å². The molecular formula is C6H13N3NaO5S+. The summed E-state index contributed by atoms with van der Waals surface area (Å²) < 4.78 is 30.5. The van der Waals surface area contributed by atoms with Gasteiger partial charge in [0, 0.05) is 5.59 Å². The van der Waals surface area contributed by atoms with Gasteiger partial charge in [0.05, 0.1) is 40.5 Å². The van der Waals surface area contributed by atoms with E-state index in [9.17, 15) is 17.9 Å². The minimum absolute atomic E-state index is 0. The van der Waals surface area contributed by atoms with Gasteiger partial charge in [-0.25, -0.2) is 13.3 Å². The second kappa shape index (κ2) is 7.41. The molecule has 0 radical (unpaired) electrons. The predicted octanol–water partition coefficient (Wildman–Crippen LogP) is -4.24. The van der Waals surface area contributed by atoms with E-state index >= 15 is 0 Å². The minimum Gasteiger partial charge on any atom is -0.748 e. The maximum absolute atomic E-state index is 11.1. The van der Waals surface area contributed by atoms with E-state index in [4.69, 9.17) is 0 Å². The van der Waals surface area contributed by atoms with Crippen molar-refractivity contribution in [1.82, 2.24) is 10.6 Å². The van der Waals surface area contributed by atoms with E-state index in [2.05, 4.69) is 4.84 Å². The molecule has 0 aromatic heterocycles. The molecule has 8 nitrogen and oxygen atoms in total. The zero-order valence-electron chi connectivity index (χ0n) is 9.09. The fourth-order valence-corrected chi connectivity index (χ4v) is 1.47. The number of hydrogen-bond acceptors (Lipinski definition) is 5. The maximum atomic E-state index is 11.1. The van der Waals surface area contributed by atoms with Crippen LogP contribution in [0.25, 0.3) is 0 Å². The molecule has 0 bridgehead atoms. The number of nitrogens with zero attached hydrogens (tertiary/aromatic N) is 2. The van der Waals surface area contributed by atoms with E-state index in [-0.39, 0.29) is 36.2 Å². The molecular weight excluding hydrogens is 249 g/mol. The Morgan fingerprint density at radius 2 is 1.94 bits per heavy atom. The Balaban J connectivity index is 0.00000225. The molecule has 0 amide bonds. The second-order valence-electron chi connectivity index (χ2n) is 3.14. The average Bonchev–Trinajstić information content (AvgIpc) is 2.63. The van der Waals surface area contributed by atoms with E-state index in [1.54, 1.807) is 0 Å². The van der Waals surface area contributed by atoms with Gasteiger partial charge in [-0.2, -0.15) is 0 Å². The van der Waals surface area contributed by atoms with Gasteiger partial charge in [-0.3, -0.25) is 0 Å². The van der Waals surface area contributed by atoms with Crippen molar-refractivity contribution in [1.29, 1.82) is 0 Å². The summed E-state index contributed by atoms with van der Waals surface area (Å²) in [5.74, 6) is -0.659. The molecule has 1 aliphatic rings. The Labute approximate surface area is 116 Å². The molecule has 0 aromatic rings. The molecule has 0 aliphatic carbocycles. The molecule has 1 aliphatic heterocycles. The fraction of sp³-hybridized carbons (Fsp3) is 1.00. The topological polar surface area (TPSA) is 102 Å². The van der Waals surface area contributed by atoms with Gasteiger partial charge in [0.25, 0.3) is 4.98 Å². The molecule has 0 saturated carbocycles. The molecule has 1 heterocycles. The van der Waals surface area contributed by atoms with E-state index in [0.717, 1.165) is 12.8 Å². The molecule has 1 rings (SSSR count). The minimum atomic E-state index is -4.29. The van der Waals surface area contributed by atoms with Crippen LogP contribution in [0.15, 0.2) is 0 Å². The number of nitroso groups, excluding NO2 is 1. The molecule has 1 saturated heterocycles. The van der Waals surface area contributed by atoms with Gasteiger partial charge < -0.3 is 4.55 Å². The van der Waals surface area contributed by atoms with Crippen molar-refractivity contribution in [2.45, 2.75) is 12.8 Å². The van der Waals surface area contributed by atoms with Crippen LogP contribution in [0.1, 0.15) is 12.8 Å². The summed E-state index contributed by atoms with van der Waals surface area (Å²) in [5.41, 5.74) is 2.00. The summed E-state index contributed by atoms with van der Waals surface area (Å²) in [6.45, 7) is 0.928. The quantitative estimate of drug-likeness (QED) is 0.170. The predicted molar refractivity (Wildman–Crippen MR) is 48.1 cm³/mol. The Hall–Kier alpha value is 0.0700. The Morgan fingerprint density at radius 3 is 2.44 bits per heavy atom. The van der Waals surface area contributed by atoms with Crippen LogP contribution in [0.3, 0.4) is 0 Å². The summed E-state index contributed by atoms with van der Waals surface area (Å²) in [5, 5.41) is 1.48. The van der Waals surface area contributed by atoms with E-state index in [1.165, 1.54) is 5.01 Å². The number of hydrazine groups is 2. The third-order valence-electron chi connectivity index (χ3n) is 1.92. The van der Waals surface area contributed by atoms with Gasteiger partial charge in [-0.1, -0.05) is 0 Å². The van der Waals surface area contributed by atoms with Crippen LogP contribution in [0.5, 0.6) is 0 Å². The van der Waals surface area contributed by atoms with Crippen LogP contribution in [0, 0.1) is 4.91 Å². The van der Waals surface area contributed by atoms with Crippen LogP contribution in [0.4, 0.5) is 0 Å². The van der Waals surface area contributed by atoms with Crippen molar-refractivity contribution in [3.8, 4) is 0 Å². The summed E-state index contributed by atoms with van der Waals surface area (Å²) in [6.07, 6.45) is 1.88. The molecule has 0 aromatic carbocycles. The van der Waals surface area contributed by atoms with Crippen molar-refractivity contribution < 1.29 is 52.3 Å². The largest absolute Gasteiger partial charge is 1.00 e. The van der Waals surface area contributed by atoms with E-state index < -0.39 is 15.9 Å². The molecule has 0 atom stereocenters. The molecule has 1 fully saturated rings. The van der Waals surface area contributed by atoms with Crippen LogP contribution in [0.2, 0.25) is 0 Å².